The molecule has 1 atom stereocenters. The van der Waals surface area contributed by atoms with E-state index < -0.39 is 0 Å². The molecule has 0 radical (unpaired) electrons. The van der Waals surface area contributed by atoms with E-state index in [-0.39, 0.29) is 17.8 Å². The number of aryl methyl sites for hydroxylation is 1. The van der Waals surface area contributed by atoms with Crippen LogP contribution in [0.3, 0.4) is 0 Å². The molecule has 1 aliphatic heterocycles. The third kappa shape index (κ3) is 4.11. The van der Waals surface area contributed by atoms with E-state index in [1.54, 1.807) is 30.3 Å². The molecule has 1 unspecified atom stereocenters. The average molecular weight is 329 g/mol. The lowest BCUT2D eigenvalue weighted by molar-refractivity contribution is 0.0679. The van der Waals surface area contributed by atoms with Crippen LogP contribution in [-0.2, 0) is 4.74 Å². The van der Waals surface area contributed by atoms with Crippen LogP contribution < -0.4 is 10.1 Å². The smallest absolute Gasteiger partial charge is 0.255 e. The van der Waals surface area contributed by atoms with Crippen LogP contribution in [0.2, 0.25) is 0 Å². The van der Waals surface area contributed by atoms with Gasteiger partial charge in [0.1, 0.15) is 18.2 Å². The van der Waals surface area contributed by atoms with Crippen molar-refractivity contribution in [1.29, 1.82) is 0 Å². The Balaban J connectivity index is 1.59. The van der Waals surface area contributed by atoms with Gasteiger partial charge in [0.15, 0.2) is 0 Å². The molecule has 2 aromatic rings. The highest BCUT2D eigenvalue weighted by atomic mass is 19.1. The van der Waals surface area contributed by atoms with E-state index in [0.29, 0.717) is 23.6 Å². The highest BCUT2D eigenvalue weighted by molar-refractivity contribution is 6.04. The molecule has 0 bridgehead atoms. The van der Waals surface area contributed by atoms with Crippen LogP contribution >= 0.6 is 0 Å². The standard InChI is InChI=1S/C19H20FNO3/c1-13-4-7-15(20)11-18(13)21-19(22)14-5-8-16(9-6-14)24-12-17-3-2-10-23-17/h4-9,11,17H,2-3,10,12H2,1H3,(H,21,22). The van der Waals surface area contributed by atoms with Crippen molar-refractivity contribution in [2.75, 3.05) is 18.5 Å². The second-order valence-corrected chi connectivity index (χ2v) is 5.88. The number of anilines is 1. The largest absolute Gasteiger partial charge is 0.491 e. The average Bonchev–Trinajstić information content (AvgIpc) is 3.10. The Hall–Kier alpha value is -2.40. The molecule has 0 saturated carbocycles. The SMILES string of the molecule is Cc1ccc(F)cc1NC(=O)c1ccc(OCC2CCCO2)cc1. The van der Waals surface area contributed by atoms with E-state index in [0.717, 1.165) is 25.0 Å². The minimum absolute atomic E-state index is 0.156. The maximum Gasteiger partial charge on any atom is 0.255 e. The van der Waals surface area contributed by atoms with Gasteiger partial charge in [0.25, 0.3) is 5.91 Å². The highest BCUT2D eigenvalue weighted by Gasteiger charge is 2.16. The van der Waals surface area contributed by atoms with Gasteiger partial charge in [0.2, 0.25) is 0 Å². The number of benzene rings is 2. The topological polar surface area (TPSA) is 47.6 Å². The van der Waals surface area contributed by atoms with Crippen LogP contribution in [0.1, 0.15) is 28.8 Å². The van der Waals surface area contributed by atoms with Crippen LogP contribution in [-0.4, -0.2) is 25.2 Å². The third-order valence-electron chi connectivity index (χ3n) is 4.02. The fraction of sp³-hybridized carbons (Fsp3) is 0.316. The Morgan fingerprint density at radius 1 is 1.29 bits per heavy atom. The maximum absolute atomic E-state index is 13.3. The van der Waals surface area contributed by atoms with Crippen molar-refractivity contribution in [3.05, 3.63) is 59.4 Å². The van der Waals surface area contributed by atoms with Gasteiger partial charge in [-0.05, 0) is 61.7 Å². The monoisotopic (exact) mass is 329 g/mol. The lowest BCUT2D eigenvalue weighted by atomic mass is 10.1. The Morgan fingerprint density at radius 3 is 2.79 bits per heavy atom. The minimum atomic E-state index is -0.381. The summed E-state index contributed by atoms with van der Waals surface area (Å²) in [4.78, 5) is 12.3. The molecule has 0 aromatic heterocycles. The van der Waals surface area contributed by atoms with Gasteiger partial charge in [0.05, 0.1) is 6.10 Å². The van der Waals surface area contributed by atoms with Crippen molar-refractivity contribution in [3.63, 3.8) is 0 Å². The van der Waals surface area contributed by atoms with Gasteiger partial charge in [0, 0.05) is 17.9 Å². The molecule has 2 aromatic carbocycles. The van der Waals surface area contributed by atoms with Crippen molar-refractivity contribution >= 4 is 11.6 Å². The van der Waals surface area contributed by atoms with Crippen LogP contribution in [0.25, 0.3) is 0 Å². The van der Waals surface area contributed by atoms with Gasteiger partial charge >= 0.3 is 0 Å². The first-order chi connectivity index (χ1) is 11.6. The predicted octanol–water partition coefficient (Wildman–Crippen LogP) is 3.94. The molecule has 0 aliphatic carbocycles. The lowest BCUT2D eigenvalue weighted by Crippen LogP contribution is -2.16. The van der Waals surface area contributed by atoms with Gasteiger partial charge in [-0.3, -0.25) is 4.79 Å². The van der Waals surface area contributed by atoms with E-state index in [1.165, 1.54) is 12.1 Å². The summed E-state index contributed by atoms with van der Waals surface area (Å²) in [6, 6.07) is 11.2. The molecule has 4 nitrogen and oxygen atoms in total. The van der Waals surface area contributed by atoms with Crippen LogP contribution in [0.5, 0.6) is 5.75 Å². The van der Waals surface area contributed by atoms with Gasteiger partial charge in [-0.15, -0.1) is 0 Å². The number of amides is 1. The van der Waals surface area contributed by atoms with E-state index in [9.17, 15) is 9.18 Å². The van der Waals surface area contributed by atoms with Gasteiger partial charge < -0.3 is 14.8 Å². The van der Waals surface area contributed by atoms with Crippen molar-refractivity contribution in [2.24, 2.45) is 0 Å². The second kappa shape index (κ2) is 7.45. The second-order valence-electron chi connectivity index (χ2n) is 5.88. The summed E-state index contributed by atoms with van der Waals surface area (Å²) in [7, 11) is 0. The van der Waals surface area contributed by atoms with Crippen LogP contribution in [0, 0.1) is 12.7 Å². The quantitative estimate of drug-likeness (QED) is 0.904. The summed E-state index contributed by atoms with van der Waals surface area (Å²) in [5.74, 6) is 0.0344. The van der Waals surface area contributed by atoms with E-state index in [4.69, 9.17) is 9.47 Å². The van der Waals surface area contributed by atoms with Crippen LogP contribution in [0.4, 0.5) is 10.1 Å². The Kier molecular flexibility index (Phi) is 5.11. The lowest BCUT2D eigenvalue weighted by Gasteiger charge is -2.12. The number of rotatable bonds is 5. The van der Waals surface area contributed by atoms with Crippen molar-refractivity contribution in [3.8, 4) is 5.75 Å². The molecule has 24 heavy (non-hydrogen) atoms. The first-order valence-electron chi connectivity index (χ1n) is 8.04. The minimum Gasteiger partial charge on any atom is -0.491 e. The molecule has 3 rings (SSSR count). The number of hydrogen-bond acceptors (Lipinski definition) is 3. The number of carbonyl (C=O) groups is 1. The van der Waals surface area contributed by atoms with Gasteiger partial charge in [-0.2, -0.15) is 0 Å². The first-order valence-corrected chi connectivity index (χ1v) is 8.04. The maximum atomic E-state index is 13.3. The van der Waals surface area contributed by atoms with Crippen LogP contribution in [0.15, 0.2) is 42.5 Å². The molecule has 1 aliphatic rings. The number of ether oxygens (including phenoxy) is 2. The number of carbonyl (C=O) groups excluding carboxylic acids is 1. The van der Waals surface area contributed by atoms with Gasteiger partial charge in [-0.25, -0.2) is 4.39 Å². The Morgan fingerprint density at radius 2 is 2.08 bits per heavy atom. The Labute approximate surface area is 140 Å². The summed E-state index contributed by atoms with van der Waals surface area (Å²) in [6.45, 7) is 3.14. The van der Waals surface area contributed by atoms with E-state index in [2.05, 4.69) is 5.32 Å². The summed E-state index contributed by atoms with van der Waals surface area (Å²) < 4.78 is 24.5. The van der Waals surface area contributed by atoms with Crippen molar-refractivity contribution in [2.45, 2.75) is 25.9 Å². The molecule has 0 spiro atoms. The molecule has 5 heteroatoms. The molecule has 1 saturated heterocycles. The predicted molar refractivity (Wildman–Crippen MR) is 90.0 cm³/mol. The van der Waals surface area contributed by atoms with E-state index >= 15 is 0 Å². The third-order valence-corrected chi connectivity index (χ3v) is 4.02. The number of nitrogens with one attached hydrogen (secondary N) is 1. The summed E-state index contributed by atoms with van der Waals surface area (Å²) in [5.41, 5.74) is 1.77. The fourth-order valence-corrected chi connectivity index (χ4v) is 2.59. The highest BCUT2D eigenvalue weighted by Crippen LogP contribution is 2.19. The zero-order valence-electron chi connectivity index (χ0n) is 13.5. The normalized spacial score (nSPS) is 16.8. The van der Waals surface area contributed by atoms with Crippen molar-refractivity contribution in [1.82, 2.24) is 0 Å². The zero-order chi connectivity index (χ0) is 16.9. The molecule has 1 N–H and O–H groups in total. The fourth-order valence-electron chi connectivity index (χ4n) is 2.59. The number of halogens is 1. The molecule has 126 valence electrons. The molecule has 1 heterocycles. The summed E-state index contributed by atoms with van der Waals surface area (Å²) >= 11 is 0. The Bertz CT molecular complexity index is 709. The molecule has 1 fully saturated rings. The molecular formula is C19H20FNO3. The van der Waals surface area contributed by atoms with Gasteiger partial charge in [-0.1, -0.05) is 6.07 Å². The van der Waals surface area contributed by atoms with Crippen molar-refractivity contribution < 1.29 is 18.7 Å². The summed E-state index contributed by atoms with van der Waals surface area (Å²) in [6.07, 6.45) is 2.25. The number of hydrogen-bond donors (Lipinski definition) is 1. The van der Waals surface area contributed by atoms with E-state index in [1.807, 2.05) is 6.92 Å². The molecule has 1 amide bonds. The summed E-state index contributed by atoms with van der Waals surface area (Å²) in [5, 5.41) is 2.72. The first kappa shape index (κ1) is 16.5. The molecular weight excluding hydrogens is 309 g/mol. The zero-order valence-corrected chi connectivity index (χ0v) is 13.5.